The molecule has 0 amide bonds. The summed E-state index contributed by atoms with van der Waals surface area (Å²) in [6.07, 6.45) is 5.01. The number of guanidine groups is 1. The molecule has 1 fully saturated rings. The first kappa shape index (κ1) is 24.3. The Morgan fingerprint density at radius 1 is 1.17 bits per heavy atom. The van der Waals surface area contributed by atoms with Crippen molar-refractivity contribution >= 4 is 5.96 Å². The zero-order chi connectivity index (χ0) is 21.8. The van der Waals surface area contributed by atoms with Crippen LogP contribution in [0.2, 0.25) is 0 Å². The van der Waals surface area contributed by atoms with Gasteiger partial charge in [-0.2, -0.15) is 8.78 Å². The Hall–Kier alpha value is -1.93. The van der Waals surface area contributed by atoms with Gasteiger partial charge in [0.15, 0.2) is 5.96 Å². The highest BCUT2D eigenvalue weighted by Crippen LogP contribution is 2.41. The number of aliphatic imine (C=N–C) groups is 1. The van der Waals surface area contributed by atoms with Gasteiger partial charge in [-0.1, -0.05) is 25.0 Å². The molecule has 1 atom stereocenters. The normalized spacial score (nSPS) is 17.2. The molecule has 1 unspecified atom stereocenters. The maximum absolute atomic E-state index is 12.3. The number of alkyl halides is 2. The van der Waals surface area contributed by atoms with Crippen molar-refractivity contribution in [1.82, 2.24) is 10.6 Å². The van der Waals surface area contributed by atoms with Crippen LogP contribution in [-0.4, -0.2) is 50.5 Å². The molecule has 0 radical (unpaired) electrons. The minimum absolute atomic E-state index is 0.0673. The molecule has 0 saturated heterocycles. The van der Waals surface area contributed by atoms with E-state index in [0.717, 1.165) is 26.2 Å². The lowest BCUT2D eigenvalue weighted by Crippen LogP contribution is -2.40. The summed E-state index contributed by atoms with van der Waals surface area (Å²) < 4.78 is 34.4. The second kappa shape index (κ2) is 12.7. The summed E-state index contributed by atoms with van der Waals surface area (Å²) >= 11 is 0. The first-order valence-corrected chi connectivity index (χ1v) is 10.8. The van der Waals surface area contributed by atoms with Crippen LogP contribution in [0.5, 0.6) is 5.75 Å². The number of nitrogens with zero attached hydrogens (tertiary/aromatic N) is 1. The summed E-state index contributed by atoms with van der Waals surface area (Å²) in [4.78, 5) is 4.78. The van der Waals surface area contributed by atoms with E-state index >= 15 is 0 Å². The van der Waals surface area contributed by atoms with Crippen LogP contribution in [0.3, 0.4) is 0 Å². The minimum Gasteiger partial charge on any atom is -0.435 e. The van der Waals surface area contributed by atoms with Gasteiger partial charge in [0, 0.05) is 32.8 Å². The molecule has 0 spiro atoms. The summed E-state index contributed by atoms with van der Waals surface area (Å²) in [6, 6.07) is 6.00. The van der Waals surface area contributed by atoms with Crippen molar-refractivity contribution in [2.45, 2.75) is 58.7 Å². The van der Waals surface area contributed by atoms with Crippen molar-refractivity contribution in [3.8, 4) is 5.75 Å². The van der Waals surface area contributed by atoms with E-state index in [-0.39, 0.29) is 17.7 Å². The summed E-state index contributed by atoms with van der Waals surface area (Å²) in [5, 5.41) is 16.8. The Morgan fingerprint density at radius 2 is 1.87 bits per heavy atom. The molecule has 1 aromatic carbocycles. The number of aliphatic hydroxyl groups excluding tert-OH is 1. The lowest BCUT2D eigenvalue weighted by molar-refractivity contribution is -0.0498. The summed E-state index contributed by atoms with van der Waals surface area (Å²) in [7, 11) is 0. The van der Waals surface area contributed by atoms with Gasteiger partial charge in [-0.3, -0.25) is 4.99 Å². The van der Waals surface area contributed by atoms with E-state index in [2.05, 4.69) is 15.4 Å². The van der Waals surface area contributed by atoms with Gasteiger partial charge in [0.1, 0.15) is 5.75 Å². The average molecular weight is 428 g/mol. The monoisotopic (exact) mass is 427 g/mol. The predicted molar refractivity (Wildman–Crippen MR) is 114 cm³/mol. The highest BCUT2D eigenvalue weighted by Gasteiger charge is 2.33. The van der Waals surface area contributed by atoms with Gasteiger partial charge < -0.3 is 25.2 Å². The van der Waals surface area contributed by atoms with Crippen LogP contribution in [0.1, 0.15) is 57.6 Å². The number of ether oxygens (including phenoxy) is 2. The summed E-state index contributed by atoms with van der Waals surface area (Å²) in [6.45, 7) is 4.34. The quantitative estimate of drug-likeness (QED) is 0.268. The molecule has 0 aromatic heterocycles. The molecule has 3 N–H and O–H groups in total. The van der Waals surface area contributed by atoms with Crippen LogP contribution in [-0.2, 0) is 4.74 Å². The SMILES string of the molecule is CCNC(=NCC1(CCOCC)CCCC1)NCC(O)c1ccc(OC(F)F)cc1. The lowest BCUT2D eigenvalue weighted by atomic mass is 9.83. The van der Waals surface area contributed by atoms with Crippen molar-refractivity contribution in [2.75, 3.05) is 32.8 Å². The van der Waals surface area contributed by atoms with Crippen molar-refractivity contribution < 1.29 is 23.4 Å². The second-order valence-corrected chi connectivity index (χ2v) is 7.69. The maximum atomic E-state index is 12.3. The van der Waals surface area contributed by atoms with Crippen molar-refractivity contribution in [2.24, 2.45) is 10.4 Å². The number of nitrogens with one attached hydrogen (secondary N) is 2. The van der Waals surface area contributed by atoms with Crippen LogP contribution < -0.4 is 15.4 Å². The van der Waals surface area contributed by atoms with E-state index in [1.165, 1.54) is 37.8 Å². The standard InChI is InChI=1S/C22H35F2N3O3/c1-3-25-21(27-16-22(11-5-6-12-22)13-14-29-4-2)26-15-19(28)17-7-9-18(10-8-17)30-20(23)24/h7-10,19-20,28H,3-6,11-16H2,1-2H3,(H2,25,26,27). The van der Waals surface area contributed by atoms with Gasteiger partial charge in [-0.15, -0.1) is 0 Å². The zero-order valence-electron chi connectivity index (χ0n) is 18.0. The number of rotatable bonds is 12. The van der Waals surface area contributed by atoms with Crippen molar-refractivity contribution in [3.05, 3.63) is 29.8 Å². The highest BCUT2D eigenvalue weighted by molar-refractivity contribution is 5.79. The van der Waals surface area contributed by atoms with Crippen LogP contribution in [0.15, 0.2) is 29.3 Å². The fourth-order valence-corrected chi connectivity index (χ4v) is 3.82. The molecule has 0 bridgehead atoms. The van der Waals surface area contributed by atoms with E-state index in [1.54, 1.807) is 12.1 Å². The van der Waals surface area contributed by atoms with Gasteiger partial charge in [0.2, 0.25) is 0 Å². The van der Waals surface area contributed by atoms with Crippen LogP contribution in [0.4, 0.5) is 8.78 Å². The van der Waals surface area contributed by atoms with Gasteiger partial charge in [-0.25, -0.2) is 0 Å². The van der Waals surface area contributed by atoms with E-state index in [4.69, 9.17) is 9.73 Å². The van der Waals surface area contributed by atoms with Crippen LogP contribution >= 0.6 is 0 Å². The number of benzene rings is 1. The third kappa shape index (κ3) is 8.07. The number of hydrogen-bond acceptors (Lipinski definition) is 4. The van der Waals surface area contributed by atoms with E-state index in [0.29, 0.717) is 18.1 Å². The molecular weight excluding hydrogens is 392 g/mol. The van der Waals surface area contributed by atoms with E-state index in [1.807, 2.05) is 13.8 Å². The summed E-state index contributed by atoms with van der Waals surface area (Å²) in [5.41, 5.74) is 0.806. The molecule has 0 aliphatic heterocycles. The Morgan fingerprint density at radius 3 is 2.47 bits per heavy atom. The molecule has 1 saturated carbocycles. The zero-order valence-corrected chi connectivity index (χ0v) is 18.0. The molecular formula is C22H35F2N3O3. The molecule has 8 heteroatoms. The summed E-state index contributed by atoms with van der Waals surface area (Å²) in [5.74, 6) is 0.731. The van der Waals surface area contributed by atoms with Crippen molar-refractivity contribution in [3.63, 3.8) is 0 Å². The van der Waals surface area contributed by atoms with Gasteiger partial charge in [0.05, 0.1) is 6.10 Å². The predicted octanol–water partition coefficient (Wildman–Crippen LogP) is 3.86. The minimum atomic E-state index is -2.86. The van der Waals surface area contributed by atoms with Gasteiger partial charge in [0.25, 0.3) is 0 Å². The molecule has 170 valence electrons. The molecule has 1 aliphatic rings. The van der Waals surface area contributed by atoms with Crippen molar-refractivity contribution in [1.29, 1.82) is 0 Å². The Bertz CT molecular complexity index is 635. The number of halogens is 2. The first-order valence-electron chi connectivity index (χ1n) is 10.8. The maximum Gasteiger partial charge on any atom is 0.387 e. The van der Waals surface area contributed by atoms with Gasteiger partial charge >= 0.3 is 6.61 Å². The third-order valence-electron chi connectivity index (χ3n) is 5.51. The fourth-order valence-electron chi connectivity index (χ4n) is 3.82. The Balaban J connectivity index is 1.92. The molecule has 2 rings (SSSR count). The van der Waals surface area contributed by atoms with E-state index in [9.17, 15) is 13.9 Å². The average Bonchev–Trinajstić information content (AvgIpc) is 3.19. The van der Waals surface area contributed by atoms with E-state index < -0.39 is 12.7 Å². The van der Waals surface area contributed by atoms with Crippen LogP contribution in [0.25, 0.3) is 0 Å². The largest absolute Gasteiger partial charge is 0.435 e. The third-order valence-corrected chi connectivity index (χ3v) is 5.51. The second-order valence-electron chi connectivity index (χ2n) is 7.69. The highest BCUT2D eigenvalue weighted by atomic mass is 19.3. The molecule has 6 nitrogen and oxygen atoms in total. The first-order chi connectivity index (χ1) is 14.5. The lowest BCUT2D eigenvalue weighted by Gasteiger charge is -2.27. The number of hydrogen-bond donors (Lipinski definition) is 3. The fraction of sp³-hybridized carbons (Fsp3) is 0.682. The number of aliphatic hydroxyl groups is 1. The molecule has 0 heterocycles. The van der Waals surface area contributed by atoms with Gasteiger partial charge in [-0.05, 0) is 56.2 Å². The Labute approximate surface area is 178 Å². The molecule has 30 heavy (non-hydrogen) atoms. The molecule has 1 aromatic rings. The molecule has 1 aliphatic carbocycles. The smallest absolute Gasteiger partial charge is 0.387 e. The Kier molecular flexibility index (Phi) is 10.3. The van der Waals surface area contributed by atoms with Crippen LogP contribution in [0, 0.1) is 5.41 Å². The topological polar surface area (TPSA) is 75.1 Å².